The van der Waals surface area contributed by atoms with Gasteiger partial charge in [-0.2, -0.15) is 0 Å². The summed E-state index contributed by atoms with van der Waals surface area (Å²) in [6.45, 7) is 2.39. The lowest BCUT2D eigenvalue weighted by Crippen LogP contribution is -2.13. The van der Waals surface area contributed by atoms with Crippen LogP contribution in [0.3, 0.4) is 0 Å². The standard InChI is InChI=1S/C18H20ClNO4S/c1-13-5-3-6-14(11-13)24-10-4-7-18(21)20-17-12-15(25(2,22)23)8-9-16(17)19/h3,5-6,8-9,11-12H,4,7,10H2,1-2H3,(H,20,21). The van der Waals surface area contributed by atoms with Gasteiger partial charge in [-0.05, 0) is 49.2 Å². The van der Waals surface area contributed by atoms with Crippen LogP contribution in [0, 0.1) is 6.92 Å². The number of rotatable bonds is 7. The molecular formula is C18H20ClNO4S. The second-order valence-corrected chi connectivity index (χ2v) is 8.15. The summed E-state index contributed by atoms with van der Waals surface area (Å²) < 4.78 is 28.7. The van der Waals surface area contributed by atoms with Gasteiger partial charge in [-0.3, -0.25) is 4.79 Å². The van der Waals surface area contributed by atoms with Crippen molar-refractivity contribution < 1.29 is 17.9 Å². The first-order chi connectivity index (χ1) is 11.8. The van der Waals surface area contributed by atoms with Crippen molar-refractivity contribution in [1.82, 2.24) is 0 Å². The van der Waals surface area contributed by atoms with Crippen LogP contribution >= 0.6 is 11.6 Å². The Kier molecular flexibility index (Phi) is 6.45. The number of sulfone groups is 1. The van der Waals surface area contributed by atoms with Gasteiger partial charge in [-0.1, -0.05) is 23.7 Å². The topological polar surface area (TPSA) is 72.5 Å². The van der Waals surface area contributed by atoms with Crippen molar-refractivity contribution in [2.45, 2.75) is 24.7 Å². The Balaban J connectivity index is 1.86. The summed E-state index contributed by atoms with van der Waals surface area (Å²) in [5.74, 6) is 0.518. The van der Waals surface area contributed by atoms with E-state index in [-0.39, 0.29) is 27.9 Å². The largest absolute Gasteiger partial charge is 0.494 e. The Hall–Kier alpha value is -2.05. The molecule has 0 radical (unpaired) electrons. The van der Waals surface area contributed by atoms with E-state index in [1.165, 1.54) is 18.2 Å². The van der Waals surface area contributed by atoms with Crippen molar-refractivity contribution >= 4 is 33.0 Å². The fraction of sp³-hybridized carbons (Fsp3) is 0.278. The van der Waals surface area contributed by atoms with Crippen LogP contribution < -0.4 is 10.1 Å². The molecule has 5 nitrogen and oxygen atoms in total. The van der Waals surface area contributed by atoms with Crippen LogP contribution in [0.25, 0.3) is 0 Å². The average molecular weight is 382 g/mol. The second kappa shape index (κ2) is 8.36. The Morgan fingerprint density at radius 1 is 1.20 bits per heavy atom. The molecule has 2 rings (SSSR count). The maximum absolute atomic E-state index is 12.0. The number of hydrogen-bond acceptors (Lipinski definition) is 4. The van der Waals surface area contributed by atoms with Gasteiger partial charge in [0.25, 0.3) is 0 Å². The number of nitrogens with one attached hydrogen (secondary N) is 1. The average Bonchev–Trinajstić information content (AvgIpc) is 2.53. The van der Waals surface area contributed by atoms with E-state index in [4.69, 9.17) is 16.3 Å². The quantitative estimate of drug-likeness (QED) is 0.739. The molecule has 0 atom stereocenters. The van der Waals surface area contributed by atoms with Gasteiger partial charge in [-0.25, -0.2) is 8.42 Å². The van der Waals surface area contributed by atoms with Crippen molar-refractivity contribution in [1.29, 1.82) is 0 Å². The number of aryl methyl sites for hydroxylation is 1. The number of carbonyl (C=O) groups is 1. The Morgan fingerprint density at radius 3 is 2.64 bits per heavy atom. The maximum Gasteiger partial charge on any atom is 0.224 e. The highest BCUT2D eigenvalue weighted by Crippen LogP contribution is 2.25. The third kappa shape index (κ3) is 6.07. The Labute approximate surface area is 152 Å². The highest BCUT2D eigenvalue weighted by molar-refractivity contribution is 7.90. The van der Waals surface area contributed by atoms with Gasteiger partial charge in [-0.15, -0.1) is 0 Å². The second-order valence-electron chi connectivity index (χ2n) is 5.73. The van der Waals surface area contributed by atoms with Crippen molar-refractivity contribution in [3.63, 3.8) is 0 Å². The third-order valence-corrected chi connectivity index (χ3v) is 4.89. The highest BCUT2D eigenvalue weighted by Gasteiger charge is 2.12. The summed E-state index contributed by atoms with van der Waals surface area (Å²) in [5.41, 5.74) is 1.39. The van der Waals surface area contributed by atoms with Gasteiger partial charge >= 0.3 is 0 Å². The summed E-state index contributed by atoms with van der Waals surface area (Å²) in [7, 11) is -3.36. The monoisotopic (exact) mass is 381 g/mol. The van der Waals surface area contributed by atoms with Crippen LogP contribution in [-0.2, 0) is 14.6 Å². The molecule has 0 fully saturated rings. The van der Waals surface area contributed by atoms with Crippen LogP contribution in [0.15, 0.2) is 47.4 Å². The summed E-state index contributed by atoms with van der Waals surface area (Å²) in [5, 5.41) is 2.93. The van der Waals surface area contributed by atoms with E-state index in [0.29, 0.717) is 13.0 Å². The van der Waals surface area contributed by atoms with E-state index < -0.39 is 9.84 Å². The molecular weight excluding hydrogens is 362 g/mol. The van der Waals surface area contributed by atoms with Gasteiger partial charge in [0.05, 0.1) is 22.2 Å². The zero-order valence-electron chi connectivity index (χ0n) is 14.1. The normalized spacial score (nSPS) is 11.2. The first-order valence-electron chi connectivity index (χ1n) is 7.74. The smallest absolute Gasteiger partial charge is 0.224 e. The molecule has 7 heteroatoms. The lowest BCUT2D eigenvalue weighted by molar-refractivity contribution is -0.116. The van der Waals surface area contributed by atoms with E-state index in [9.17, 15) is 13.2 Å². The molecule has 1 amide bonds. The fourth-order valence-corrected chi connectivity index (χ4v) is 2.98. The Bertz CT molecular complexity index is 865. The van der Waals surface area contributed by atoms with Gasteiger partial charge < -0.3 is 10.1 Å². The number of hydrogen-bond donors (Lipinski definition) is 1. The first kappa shape index (κ1) is 19.3. The lowest BCUT2D eigenvalue weighted by atomic mass is 10.2. The molecule has 0 heterocycles. The van der Waals surface area contributed by atoms with E-state index in [0.717, 1.165) is 17.6 Å². The molecule has 0 unspecified atom stereocenters. The van der Waals surface area contributed by atoms with Crippen LogP contribution in [0.1, 0.15) is 18.4 Å². The molecule has 25 heavy (non-hydrogen) atoms. The number of anilines is 1. The minimum Gasteiger partial charge on any atom is -0.494 e. The summed E-state index contributed by atoms with van der Waals surface area (Å²) in [6.07, 6.45) is 1.87. The summed E-state index contributed by atoms with van der Waals surface area (Å²) in [4.78, 5) is 12.1. The van der Waals surface area contributed by atoms with Crippen molar-refractivity contribution in [2.75, 3.05) is 18.2 Å². The Morgan fingerprint density at radius 2 is 1.96 bits per heavy atom. The maximum atomic E-state index is 12.0. The van der Waals surface area contributed by atoms with Crippen molar-refractivity contribution in [3.05, 3.63) is 53.1 Å². The van der Waals surface area contributed by atoms with Crippen molar-refractivity contribution in [2.24, 2.45) is 0 Å². The summed E-state index contributed by atoms with van der Waals surface area (Å²) >= 11 is 6.01. The lowest BCUT2D eigenvalue weighted by Gasteiger charge is -2.10. The third-order valence-electron chi connectivity index (χ3n) is 3.45. The van der Waals surface area contributed by atoms with Gasteiger partial charge in [0.1, 0.15) is 5.75 Å². The van der Waals surface area contributed by atoms with E-state index in [1.807, 2.05) is 31.2 Å². The van der Waals surface area contributed by atoms with Crippen LogP contribution in [-0.4, -0.2) is 27.2 Å². The fourth-order valence-electron chi connectivity index (χ4n) is 2.17. The molecule has 0 aliphatic rings. The number of halogens is 1. The SMILES string of the molecule is Cc1cccc(OCCCC(=O)Nc2cc(S(C)(=O)=O)ccc2Cl)c1. The number of carbonyl (C=O) groups excluding carboxylic acids is 1. The molecule has 0 spiro atoms. The molecule has 1 N–H and O–H groups in total. The number of amides is 1. The van der Waals surface area contributed by atoms with E-state index in [1.54, 1.807) is 0 Å². The predicted octanol–water partition coefficient (Wildman–Crippen LogP) is 3.85. The molecule has 0 aliphatic heterocycles. The molecule has 134 valence electrons. The molecule has 0 aromatic heterocycles. The number of ether oxygens (including phenoxy) is 1. The minimum atomic E-state index is -3.36. The molecule has 2 aromatic rings. The summed E-state index contributed by atoms with van der Waals surface area (Å²) in [6, 6.07) is 11.9. The van der Waals surface area contributed by atoms with Crippen molar-refractivity contribution in [3.8, 4) is 5.75 Å². The van der Waals surface area contributed by atoms with E-state index in [2.05, 4.69) is 5.32 Å². The van der Waals surface area contributed by atoms with Crippen LogP contribution in [0.5, 0.6) is 5.75 Å². The predicted molar refractivity (Wildman–Crippen MR) is 99.1 cm³/mol. The van der Waals surface area contributed by atoms with Crippen LogP contribution in [0.2, 0.25) is 5.02 Å². The molecule has 2 aromatic carbocycles. The zero-order chi connectivity index (χ0) is 18.4. The molecule has 0 saturated carbocycles. The highest BCUT2D eigenvalue weighted by atomic mass is 35.5. The number of benzene rings is 2. The van der Waals surface area contributed by atoms with Gasteiger partial charge in [0.15, 0.2) is 9.84 Å². The van der Waals surface area contributed by atoms with Crippen LogP contribution in [0.4, 0.5) is 5.69 Å². The minimum absolute atomic E-state index is 0.106. The molecule has 0 saturated heterocycles. The first-order valence-corrected chi connectivity index (χ1v) is 10.0. The van der Waals surface area contributed by atoms with E-state index >= 15 is 0 Å². The van der Waals surface area contributed by atoms with Gasteiger partial charge in [0.2, 0.25) is 5.91 Å². The molecule has 0 aliphatic carbocycles. The zero-order valence-corrected chi connectivity index (χ0v) is 15.7. The molecule has 0 bridgehead atoms. The van der Waals surface area contributed by atoms with Gasteiger partial charge in [0, 0.05) is 12.7 Å².